The fraction of sp³-hybridized carbons (Fsp3) is 0.655. The van der Waals surface area contributed by atoms with Gasteiger partial charge in [-0.3, -0.25) is 9.80 Å². The Bertz CT molecular complexity index is 1100. The summed E-state index contributed by atoms with van der Waals surface area (Å²) in [7, 11) is 0. The number of piperidine rings is 1. The molecule has 13 nitrogen and oxygen atoms in total. The average molecular weight is 623 g/mol. The zero-order valence-corrected chi connectivity index (χ0v) is 25.0. The Labute approximate surface area is 256 Å². The standard InChI is InChI=1S/C29H43ClN6O7/c30-22-15-32-29(33-16-22)36-7-5-20(6-8-36)2-1-13-43-26-4-3-21(14-31-26)23(18-37)35-11-9-34(10-12-35)17-24(39)27(41)28(42)25(40)19-38/h3-4,14-16,18,20,23-25,27-28,38-42H,1-2,5-13,17,19H2/t23?,24-,25+,27+,28+/m0/s1. The van der Waals surface area contributed by atoms with Gasteiger partial charge in [0.25, 0.3) is 0 Å². The number of anilines is 1. The van der Waals surface area contributed by atoms with Gasteiger partial charge in [-0.15, -0.1) is 0 Å². The number of ether oxygens (including phenoxy) is 1. The third-order valence-corrected chi connectivity index (χ3v) is 8.51. The molecule has 2 aliphatic rings. The lowest BCUT2D eigenvalue weighted by Gasteiger charge is -2.39. The summed E-state index contributed by atoms with van der Waals surface area (Å²) in [6, 6.07) is 3.18. The summed E-state index contributed by atoms with van der Waals surface area (Å²) in [5, 5.41) is 49.1. The molecule has 0 saturated carbocycles. The lowest BCUT2D eigenvalue weighted by molar-refractivity contribution is -0.122. The first kappa shape index (κ1) is 33.4. The van der Waals surface area contributed by atoms with E-state index in [-0.39, 0.29) is 6.54 Å². The maximum absolute atomic E-state index is 12.0. The van der Waals surface area contributed by atoms with E-state index < -0.39 is 37.1 Å². The number of nitrogens with zero attached hydrogens (tertiary/aromatic N) is 6. The maximum Gasteiger partial charge on any atom is 0.225 e. The number of aromatic nitrogens is 3. The van der Waals surface area contributed by atoms with Crippen LogP contribution in [-0.2, 0) is 4.79 Å². The summed E-state index contributed by atoms with van der Waals surface area (Å²) in [5.41, 5.74) is 0.767. The van der Waals surface area contributed by atoms with Crippen molar-refractivity contribution in [3.63, 3.8) is 0 Å². The lowest BCUT2D eigenvalue weighted by atomic mass is 9.92. The highest BCUT2D eigenvalue weighted by molar-refractivity contribution is 6.30. The van der Waals surface area contributed by atoms with Crippen LogP contribution in [0.25, 0.3) is 0 Å². The number of hydrogen-bond acceptors (Lipinski definition) is 13. The number of carbonyl (C=O) groups excluding carboxylic acids is 1. The molecule has 0 radical (unpaired) electrons. The molecule has 2 saturated heterocycles. The van der Waals surface area contributed by atoms with Crippen molar-refractivity contribution in [2.24, 2.45) is 5.92 Å². The van der Waals surface area contributed by atoms with E-state index in [9.17, 15) is 25.2 Å². The van der Waals surface area contributed by atoms with Crippen LogP contribution in [0, 0.1) is 5.92 Å². The average Bonchev–Trinajstić information content (AvgIpc) is 3.04. The molecule has 2 fully saturated rings. The first-order chi connectivity index (χ1) is 20.8. The number of aliphatic hydroxyl groups is 5. The van der Waals surface area contributed by atoms with E-state index in [1.54, 1.807) is 24.7 Å². The van der Waals surface area contributed by atoms with Gasteiger partial charge in [0.05, 0.1) is 42.8 Å². The molecule has 4 heterocycles. The van der Waals surface area contributed by atoms with Gasteiger partial charge < -0.3 is 40.0 Å². The van der Waals surface area contributed by atoms with Gasteiger partial charge in [-0.2, -0.15) is 0 Å². The van der Waals surface area contributed by atoms with Gasteiger partial charge in [0.15, 0.2) is 0 Å². The van der Waals surface area contributed by atoms with Crippen molar-refractivity contribution in [1.82, 2.24) is 24.8 Å². The molecule has 2 aromatic rings. The molecule has 4 rings (SSSR count). The molecule has 0 bridgehead atoms. The van der Waals surface area contributed by atoms with Crippen LogP contribution in [0.15, 0.2) is 30.7 Å². The summed E-state index contributed by atoms with van der Waals surface area (Å²) in [4.78, 5) is 31.2. The Morgan fingerprint density at radius 3 is 2.21 bits per heavy atom. The van der Waals surface area contributed by atoms with Gasteiger partial charge in [0.2, 0.25) is 11.8 Å². The molecule has 1 unspecified atom stereocenters. The van der Waals surface area contributed by atoms with Crippen molar-refractivity contribution in [3.05, 3.63) is 41.3 Å². The molecule has 2 aliphatic heterocycles. The van der Waals surface area contributed by atoms with Gasteiger partial charge >= 0.3 is 0 Å². The highest BCUT2D eigenvalue weighted by atomic mass is 35.5. The molecule has 5 atom stereocenters. The zero-order chi connectivity index (χ0) is 30.8. The minimum Gasteiger partial charge on any atom is -0.478 e. The molecule has 5 N–H and O–H groups in total. The van der Waals surface area contributed by atoms with Crippen LogP contribution >= 0.6 is 11.6 Å². The first-order valence-corrected chi connectivity index (χ1v) is 15.2. The van der Waals surface area contributed by atoms with Gasteiger partial charge in [-0.25, -0.2) is 15.0 Å². The van der Waals surface area contributed by atoms with Crippen molar-refractivity contribution in [3.8, 4) is 5.88 Å². The normalized spacial score (nSPS) is 20.7. The third-order valence-electron chi connectivity index (χ3n) is 8.31. The molecule has 238 valence electrons. The minimum atomic E-state index is -1.65. The van der Waals surface area contributed by atoms with Crippen molar-refractivity contribution in [2.45, 2.75) is 56.1 Å². The highest BCUT2D eigenvalue weighted by Crippen LogP contribution is 2.25. The number of halogens is 1. The fourth-order valence-corrected chi connectivity index (χ4v) is 5.72. The van der Waals surface area contributed by atoms with Crippen molar-refractivity contribution in [2.75, 3.05) is 63.9 Å². The molecule has 43 heavy (non-hydrogen) atoms. The van der Waals surface area contributed by atoms with Crippen LogP contribution in [0.4, 0.5) is 5.95 Å². The summed E-state index contributed by atoms with van der Waals surface area (Å²) < 4.78 is 5.87. The van der Waals surface area contributed by atoms with E-state index in [4.69, 9.17) is 21.4 Å². The number of carbonyl (C=O) groups is 1. The minimum absolute atomic E-state index is 0.0844. The molecular formula is C29H43ClN6O7. The summed E-state index contributed by atoms with van der Waals surface area (Å²) in [6.45, 7) is 3.97. The van der Waals surface area contributed by atoms with Gasteiger partial charge in [-0.1, -0.05) is 17.7 Å². The Morgan fingerprint density at radius 1 is 0.930 bits per heavy atom. The van der Waals surface area contributed by atoms with E-state index in [0.29, 0.717) is 49.6 Å². The SMILES string of the molecule is O=CC(c1ccc(OCCCC2CCN(c3ncc(Cl)cn3)CC2)nc1)N1CCN(C[C@H](O)[C@@H](O)[C@H](O)[C@H](O)CO)CC1. The molecule has 0 amide bonds. The predicted octanol–water partition coefficient (Wildman–Crippen LogP) is -0.106. The van der Waals surface area contributed by atoms with Crippen LogP contribution in [0.2, 0.25) is 5.02 Å². The monoisotopic (exact) mass is 622 g/mol. The Hall–Kier alpha value is -2.49. The topological polar surface area (TPSA) is 176 Å². The Balaban J connectivity index is 1.14. The summed E-state index contributed by atoms with van der Waals surface area (Å²) in [5.74, 6) is 1.88. The van der Waals surface area contributed by atoms with Gasteiger partial charge in [-0.05, 0) is 37.2 Å². The van der Waals surface area contributed by atoms with Crippen LogP contribution < -0.4 is 9.64 Å². The van der Waals surface area contributed by atoms with E-state index in [0.717, 1.165) is 56.6 Å². The third kappa shape index (κ3) is 9.50. The van der Waals surface area contributed by atoms with E-state index >= 15 is 0 Å². The summed E-state index contributed by atoms with van der Waals surface area (Å²) >= 11 is 5.89. The van der Waals surface area contributed by atoms with Crippen LogP contribution in [0.5, 0.6) is 5.88 Å². The molecule has 0 spiro atoms. The number of β-amino-alcohol motifs (C(OH)–C–C–N with tert-alkyl or cyclic N) is 1. The number of pyridine rings is 1. The smallest absolute Gasteiger partial charge is 0.225 e. The van der Waals surface area contributed by atoms with Crippen molar-refractivity contribution < 1.29 is 35.1 Å². The quantitative estimate of drug-likeness (QED) is 0.132. The Morgan fingerprint density at radius 2 is 1.60 bits per heavy atom. The van der Waals surface area contributed by atoms with E-state index in [1.165, 1.54) is 0 Å². The second-order valence-corrected chi connectivity index (χ2v) is 11.7. The van der Waals surface area contributed by atoms with E-state index in [2.05, 4.69) is 19.9 Å². The zero-order valence-electron chi connectivity index (χ0n) is 24.2. The molecule has 0 aromatic carbocycles. The Kier molecular flexibility index (Phi) is 12.9. The molecule has 2 aromatic heterocycles. The fourth-order valence-electron chi connectivity index (χ4n) is 5.63. The van der Waals surface area contributed by atoms with Crippen LogP contribution in [0.3, 0.4) is 0 Å². The molecular weight excluding hydrogens is 580 g/mol. The second-order valence-electron chi connectivity index (χ2n) is 11.3. The highest BCUT2D eigenvalue weighted by Gasteiger charge is 2.32. The van der Waals surface area contributed by atoms with Crippen molar-refractivity contribution >= 4 is 23.8 Å². The number of hydrogen-bond donors (Lipinski definition) is 5. The van der Waals surface area contributed by atoms with E-state index in [1.807, 2.05) is 15.9 Å². The second kappa shape index (κ2) is 16.5. The number of aldehydes is 1. The van der Waals surface area contributed by atoms with Crippen LogP contribution in [0.1, 0.15) is 37.3 Å². The van der Waals surface area contributed by atoms with Gasteiger partial charge in [0, 0.05) is 58.1 Å². The largest absolute Gasteiger partial charge is 0.478 e. The van der Waals surface area contributed by atoms with Crippen molar-refractivity contribution in [1.29, 1.82) is 0 Å². The maximum atomic E-state index is 12.0. The lowest BCUT2D eigenvalue weighted by Crippen LogP contribution is -2.54. The number of piperazine rings is 1. The van der Waals surface area contributed by atoms with Gasteiger partial charge in [0.1, 0.15) is 24.6 Å². The number of rotatable bonds is 15. The number of aliphatic hydroxyl groups excluding tert-OH is 5. The molecule has 0 aliphatic carbocycles. The molecule has 14 heteroatoms. The first-order valence-electron chi connectivity index (χ1n) is 14.8. The predicted molar refractivity (Wildman–Crippen MR) is 159 cm³/mol. The summed E-state index contributed by atoms with van der Waals surface area (Å²) in [6.07, 6.45) is 3.91. The van der Waals surface area contributed by atoms with Crippen LogP contribution in [-0.4, -0.2) is 140 Å².